The van der Waals surface area contributed by atoms with Gasteiger partial charge in [0, 0.05) is 12.1 Å². The molecular weight excluding hydrogens is 317 g/mol. The Kier molecular flexibility index (Phi) is 3.80. The molecule has 0 saturated heterocycles. The fraction of sp³-hybridized carbons (Fsp3) is 0.211. The zero-order valence-corrected chi connectivity index (χ0v) is 14.1. The Bertz CT molecular complexity index is 1030. The molecule has 0 aliphatic carbocycles. The first-order valence-electron chi connectivity index (χ1n) is 8.30. The van der Waals surface area contributed by atoms with Crippen LogP contribution in [0.5, 0.6) is 0 Å². The van der Waals surface area contributed by atoms with Gasteiger partial charge in [0.05, 0.1) is 29.6 Å². The molecule has 25 heavy (non-hydrogen) atoms. The number of benzene rings is 1. The van der Waals surface area contributed by atoms with E-state index in [4.69, 9.17) is 5.10 Å². The normalized spacial score (nSPS) is 11.3. The van der Waals surface area contributed by atoms with Crippen molar-refractivity contribution in [1.82, 2.24) is 24.1 Å². The number of halogens is 1. The predicted octanol–water partition coefficient (Wildman–Crippen LogP) is 4.12. The summed E-state index contributed by atoms with van der Waals surface area (Å²) in [5, 5.41) is 4.74. The second-order valence-corrected chi connectivity index (χ2v) is 6.03. The minimum absolute atomic E-state index is 0.258. The smallest absolute Gasteiger partial charge is 0.153 e. The maximum Gasteiger partial charge on any atom is 0.153 e. The fourth-order valence-corrected chi connectivity index (χ4v) is 2.99. The molecule has 0 unspecified atom stereocenters. The van der Waals surface area contributed by atoms with Crippen LogP contribution in [-0.4, -0.2) is 24.1 Å². The van der Waals surface area contributed by atoms with Gasteiger partial charge in [0.25, 0.3) is 0 Å². The molecule has 0 radical (unpaired) electrons. The van der Waals surface area contributed by atoms with E-state index in [1.807, 2.05) is 29.9 Å². The highest BCUT2D eigenvalue weighted by molar-refractivity contribution is 5.77. The number of aryl methyl sites for hydroxylation is 2. The summed E-state index contributed by atoms with van der Waals surface area (Å²) in [5.41, 5.74) is 5.21. The van der Waals surface area contributed by atoms with Gasteiger partial charge in [-0.3, -0.25) is 0 Å². The van der Waals surface area contributed by atoms with E-state index in [1.165, 1.54) is 12.1 Å². The average Bonchev–Trinajstić information content (AvgIpc) is 3.20. The fourth-order valence-electron chi connectivity index (χ4n) is 2.99. The summed E-state index contributed by atoms with van der Waals surface area (Å²) >= 11 is 0. The van der Waals surface area contributed by atoms with Crippen LogP contribution in [0.3, 0.4) is 0 Å². The van der Waals surface area contributed by atoms with E-state index in [2.05, 4.69) is 21.5 Å². The Morgan fingerprint density at radius 1 is 1.04 bits per heavy atom. The lowest BCUT2D eigenvalue weighted by Gasteiger charge is -2.10. The Labute approximate surface area is 144 Å². The van der Waals surface area contributed by atoms with E-state index in [9.17, 15) is 4.39 Å². The second-order valence-electron chi connectivity index (χ2n) is 6.03. The molecule has 3 aromatic heterocycles. The summed E-state index contributed by atoms with van der Waals surface area (Å²) in [6.45, 7) is 4.94. The molecule has 0 atom stereocenters. The molecule has 0 spiro atoms. The van der Waals surface area contributed by atoms with Gasteiger partial charge in [-0.1, -0.05) is 6.92 Å². The average molecular weight is 335 g/mol. The zero-order valence-electron chi connectivity index (χ0n) is 14.1. The van der Waals surface area contributed by atoms with Crippen LogP contribution in [0.1, 0.15) is 19.0 Å². The molecule has 0 aliphatic heterocycles. The molecule has 5 nitrogen and oxygen atoms in total. The van der Waals surface area contributed by atoms with Crippen molar-refractivity contribution in [1.29, 1.82) is 0 Å². The maximum absolute atomic E-state index is 13.3. The number of rotatable bonds is 4. The number of imidazole rings is 2. The van der Waals surface area contributed by atoms with Crippen molar-refractivity contribution in [2.24, 2.45) is 0 Å². The highest BCUT2D eigenvalue weighted by atomic mass is 19.1. The van der Waals surface area contributed by atoms with Crippen molar-refractivity contribution in [2.45, 2.75) is 26.8 Å². The first-order chi connectivity index (χ1) is 12.2. The molecule has 6 heteroatoms. The monoisotopic (exact) mass is 335 g/mol. The second kappa shape index (κ2) is 6.12. The minimum atomic E-state index is -0.258. The van der Waals surface area contributed by atoms with Crippen LogP contribution in [0, 0.1) is 12.7 Å². The van der Waals surface area contributed by atoms with Crippen molar-refractivity contribution >= 4 is 5.65 Å². The van der Waals surface area contributed by atoms with Gasteiger partial charge in [0.2, 0.25) is 0 Å². The van der Waals surface area contributed by atoms with Crippen LogP contribution >= 0.6 is 0 Å². The van der Waals surface area contributed by atoms with Gasteiger partial charge in [0.1, 0.15) is 11.5 Å². The molecule has 0 aliphatic rings. The summed E-state index contributed by atoms with van der Waals surface area (Å²) in [6.07, 6.45) is 4.61. The Morgan fingerprint density at radius 3 is 2.60 bits per heavy atom. The minimum Gasteiger partial charge on any atom is -0.329 e. The van der Waals surface area contributed by atoms with E-state index in [0.29, 0.717) is 0 Å². The summed E-state index contributed by atoms with van der Waals surface area (Å²) < 4.78 is 17.2. The molecule has 1 aromatic carbocycles. The van der Waals surface area contributed by atoms with Crippen molar-refractivity contribution in [2.75, 3.05) is 0 Å². The van der Waals surface area contributed by atoms with Gasteiger partial charge in [0.15, 0.2) is 5.65 Å². The van der Waals surface area contributed by atoms with Crippen LogP contribution in [0.4, 0.5) is 4.39 Å². The Balaban J connectivity index is 1.92. The van der Waals surface area contributed by atoms with E-state index < -0.39 is 0 Å². The van der Waals surface area contributed by atoms with Gasteiger partial charge < -0.3 is 4.57 Å². The standard InChI is InChI=1S/C19H18FN5/c1-3-10-24-12-22-18(14-4-6-15(20)7-5-14)19(24)16-8-9-17-21-11-13(2)25(17)23-16/h4-9,11-12H,3,10H2,1-2H3. The third-order valence-electron chi connectivity index (χ3n) is 4.20. The third-order valence-corrected chi connectivity index (χ3v) is 4.20. The van der Waals surface area contributed by atoms with Crippen molar-refractivity contribution in [3.63, 3.8) is 0 Å². The molecule has 3 heterocycles. The van der Waals surface area contributed by atoms with Gasteiger partial charge in [-0.15, -0.1) is 0 Å². The number of fused-ring (bicyclic) bond motifs is 1. The Morgan fingerprint density at radius 2 is 1.84 bits per heavy atom. The number of hydrogen-bond donors (Lipinski definition) is 0. The molecule has 0 saturated carbocycles. The summed E-state index contributed by atoms with van der Waals surface area (Å²) in [7, 11) is 0. The third kappa shape index (κ3) is 2.69. The van der Waals surface area contributed by atoms with Crippen molar-refractivity contribution < 1.29 is 4.39 Å². The number of aromatic nitrogens is 5. The maximum atomic E-state index is 13.3. The highest BCUT2D eigenvalue weighted by Crippen LogP contribution is 2.30. The first-order valence-corrected chi connectivity index (χ1v) is 8.30. The van der Waals surface area contributed by atoms with E-state index in [0.717, 1.165) is 47.0 Å². The first kappa shape index (κ1) is 15.5. The van der Waals surface area contributed by atoms with E-state index in [1.54, 1.807) is 18.3 Å². The summed E-state index contributed by atoms with van der Waals surface area (Å²) in [5.74, 6) is -0.258. The Hall–Kier alpha value is -3.02. The topological polar surface area (TPSA) is 48.0 Å². The highest BCUT2D eigenvalue weighted by Gasteiger charge is 2.17. The summed E-state index contributed by atoms with van der Waals surface area (Å²) in [4.78, 5) is 8.90. The molecule has 0 fully saturated rings. The molecule has 0 bridgehead atoms. The van der Waals surface area contributed by atoms with Crippen LogP contribution in [0.25, 0.3) is 28.3 Å². The quantitative estimate of drug-likeness (QED) is 0.564. The van der Waals surface area contributed by atoms with Crippen LogP contribution in [-0.2, 0) is 6.54 Å². The molecule has 4 rings (SSSR count). The van der Waals surface area contributed by atoms with Gasteiger partial charge in [-0.25, -0.2) is 18.9 Å². The molecule has 126 valence electrons. The lowest BCUT2D eigenvalue weighted by molar-refractivity contribution is 0.628. The van der Waals surface area contributed by atoms with Crippen LogP contribution < -0.4 is 0 Å². The van der Waals surface area contributed by atoms with Crippen molar-refractivity contribution in [3.05, 3.63) is 60.4 Å². The molecular formula is C19H18FN5. The van der Waals surface area contributed by atoms with Gasteiger partial charge in [-0.2, -0.15) is 5.10 Å². The van der Waals surface area contributed by atoms with Crippen molar-refractivity contribution in [3.8, 4) is 22.6 Å². The predicted molar refractivity (Wildman–Crippen MR) is 94.6 cm³/mol. The van der Waals surface area contributed by atoms with Crippen LogP contribution in [0.2, 0.25) is 0 Å². The number of hydrogen-bond acceptors (Lipinski definition) is 3. The molecule has 0 N–H and O–H groups in total. The van der Waals surface area contributed by atoms with E-state index >= 15 is 0 Å². The van der Waals surface area contributed by atoms with Gasteiger partial charge >= 0.3 is 0 Å². The molecule has 0 amide bonds. The lowest BCUT2D eigenvalue weighted by Crippen LogP contribution is -2.03. The van der Waals surface area contributed by atoms with Crippen LogP contribution in [0.15, 0.2) is 48.9 Å². The molecule has 4 aromatic rings. The largest absolute Gasteiger partial charge is 0.329 e. The zero-order chi connectivity index (χ0) is 17.4. The number of nitrogens with zero attached hydrogens (tertiary/aromatic N) is 5. The summed E-state index contributed by atoms with van der Waals surface area (Å²) in [6, 6.07) is 10.3. The van der Waals surface area contributed by atoms with Gasteiger partial charge in [-0.05, 0) is 49.7 Å². The van der Waals surface area contributed by atoms with E-state index in [-0.39, 0.29) is 5.82 Å². The lowest BCUT2D eigenvalue weighted by atomic mass is 10.1. The SMILES string of the molecule is CCCn1cnc(-c2ccc(F)cc2)c1-c1ccc2ncc(C)n2n1.